The molecule has 1 amide bonds. The molecular weight excluding hydrogens is 346 g/mol. The Bertz CT molecular complexity index is 688. The molecule has 0 aliphatic heterocycles. The van der Waals surface area contributed by atoms with E-state index in [1.807, 2.05) is 6.92 Å². The number of anilines is 1. The summed E-state index contributed by atoms with van der Waals surface area (Å²) in [5, 5.41) is 22.0. The van der Waals surface area contributed by atoms with E-state index in [9.17, 15) is 15.0 Å². The van der Waals surface area contributed by atoms with Gasteiger partial charge in [-0.1, -0.05) is 11.6 Å². The van der Waals surface area contributed by atoms with Crippen LogP contribution in [0.2, 0.25) is 5.02 Å². The van der Waals surface area contributed by atoms with Crippen molar-refractivity contribution in [3.63, 3.8) is 0 Å². The second-order valence-corrected chi connectivity index (χ2v) is 5.50. The summed E-state index contributed by atoms with van der Waals surface area (Å²) in [6.07, 6.45) is 0. The Morgan fingerprint density at radius 1 is 1.25 bits per heavy atom. The molecule has 0 saturated heterocycles. The molecule has 3 N–H and O–H groups in total. The van der Waals surface area contributed by atoms with Gasteiger partial charge in [-0.25, -0.2) is 0 Å². The van der Waals surface area contributed by atoms with E-state index in [1.165, 1.54) is 12.1 Å². The first-order chi connectivity index (χ1) is 9.38. The standard InChI is InChI=1S/C14H11BrClNO3/c1-7-4-10(15)12(6-11(7)16)17-14(20)9-3-2-8(18)5-13(9)19/h2-6,18-19H,1H3,(H,17,20). The first-order valence-electron chi connectivity index (χ1n) is 5.67. The number of rotatable bonds is 2. The van der Waals surface area contributed by atoms with Gasteiger partial charge in [-0.15, -0.1) is 0 Å². The second-order valence-electron chi connectivity index (χ2n) is 4.24. The monoisotopic (exact) mass is 355 g/mol. The van der Waals surface area contributed by atoms with E-state index in [1.54, 1.807) is 12.1 Å². The van der Waals surface area contributed by atoms with Crippen molar-refractivity contribution >= 4 is 39.1 Å². The Morgan fingerprint density at radius 2 is 1.95 bits per heavy atom. The molecule has 0 heterocycles. The molecule has 20 heavy (non-hydrogen) atoms. The van der Waals surface area contributed by atoms with E-state index in [0.29, 0.717) is 15.2 Å². The van der Waals surface area contributed by atoms with Crippen LogP contribution >= 0.6 is 27.5 Å². The van der Waals surface area contributed by atoms with Gasteiger partial charge >= 0.3 is 0 Å². The summed E-state index contributed by atoms with van der Waals surface area (Å²) in [6, 6.07) is 7.17. The number of carbonyl (C=O) groups is 1. The number of carbonyl (C=O) groups excluding carboxylic acids is 1. The molecule has 0 saturated carbocycles. The fraction of sp³-hybridized carbons (Fsp3) is 0.0714. The van der Waals surface area contributed by atoms with E-state index in [0.717, 1.165) is 11.6 Å². The van der Waals surface area contributed by atoms with Gasteiger partial charge in [-0.3, -0.25) is 4.79 Å². The first-order valence-corrected chi connectivity index (χ1v) is 6.84. The maximum Gasteiger partial charge on any atom is 0.259 e. The zero-order chi connectivity index (χ0) is 14.9. The fourth-order valence-electron chi connectivity index (χ4n) is 1.64. The zero-order valence-electron chi connectivity index (χ0n) is 10.4. The van der Waals surface area contributed by atoms with Crippen molar-refractivity contribution in [3.05, 3.63) is 51.0 Å². The number of hydrogen-bond acceptors (Lipinski definition) is 3. The lowest BCUT2D eigenvalue weighted by Crippen LogP contribution is -2.12. The predicted molar refractivity (Wildman–Crippen MR) is 81.6 cm³/mol. The Balaban J connectivity index is 2.30. The van der Waals surface area contributed by atoms with Crippen LogP contribution in [-0.4, -0.2) is 16.1 Å². The topological polar surface area (TPSA) is 69.6 Å². The van der Waals surface area contributed by atoms with Gasteiger partial charge in [0.05, 0.1) is 11.3 Å². The summed E-state index contributed by atoms with van der Waals surface area (Å²) in [4.78, 5) is 12.1. The van der Waals surface area contributed by atoms with Crippen LogP contribution in [0.15, 0.2) is 34.8 Å². The molecule has 4 nitrogen and oxygen atoms in total. The molecule has 0 bridgehead atoms. The number of benzene rings is 2. The normalized spacial score (nSPS) is 10.3. The number of nitrogens with one attached hydrogen (secondary N) is 1. The van der Waals surface area contributed by atoms with Gasteiger partial charge in [0.25, 0.3) is 5.91 Å². The molecule has 0 aliphatic carbocycles. The summed E-state index contributed by atoms with van der Waals surface area (Å²) >= 11 is 9.35. The summed E-state index contributed by atoms with van der Waals surface area (Å²) in [6.45, 7) is 1.85. The highest BCUT2D eigenvalue weighted by Crippen LogP contribution is 2.30. The third-order valence-electron chi connectivity index (χ3n) is 2.72. The van der Waals surface area contributed by atoms with Crippen LogP contribution in [0, 0.1) is 6.92 Å². The average molecular weight is 357 g/mol. The van der Waals surface area contributed by atoms with Crippen molar-refractivity contribution in [2.24, 2.45) is 0 Å². The van der Waals surface area contributed by atoms with Crippen LogP contribution in [0.5, 0.6) is 11.5 Å². The Morgan fingerprint density at radius 3 is 2.60 bits per heavy atom. The summed E-state index contributed by atoms with van der Waals surface area (Å²) in [5.41, 5.74) is 1.44. The molecule has 0 radical (unpaired) electrons. The van der Waals surface area contributed by atoms with Crippen molar-refractivity contribution in [3.8, 4) is 11.5 Å². The van der Waals surface area contributed by atoms with Crippen molar-refractivity contribution in [1.82, 2.24) is 0 Å². The molecule has 104 valence electrons. The van der Waals surface area contributed by atoms with E-state index in [-0.39, 0.29) is 17.1 Å². The highest BCUT2D eigenvalue weighted by atomic mass is 79.9. The minimum Gasteiger partial charge on any atom is -0.508 e. The molecular formula is C14H11BrClNO3. The number of amides is 1. The molecule has 0 aliphatic rings. The lowest BCUT2D eigenvalue weighted by atomic mass is 10.1. The van der Waals surface area contributed by atoms with E-state index < -0.39 is 5.91 Å². The third-order valence-corrected chi connectivity index (χ3v) is 3.79. The highest BCUT2D eigenvalue weighted by Gasteiger charge is 2.14. The van der Waals surface area contributed by atoms with E-state index >= 15 is 0 Å². The molecule has 0 unspecified atom stereocenters. The molecule has 2 aromatic carbocycles. The van der Waals surface area contributed by atoms with Crippen LogP contribution < -0.4 is 5.32 Å². The van der Waals surface area contributed by atoms with E-state index in [4.69, 9.17) is 11.6 Å². The Kier molecular flexibility index (Phi) is 4.20. The smallest absolute Gasteiger partial charge is 0.259 e. The van der Waals surface area contributed by atoms with Crippen LogP contribution in [0.4, 0.5) is 5.69 Å². The zero-order valence-corrected chi connectivity index (χ0v) is 12.8. The molecule has 2 rings (SSSR count). The van der Waals surface area contributed by atoms with Crippen LogP contribution in [-0.2, 0) is 0 Å². The minimum atomic E-state index is -0.497. The summed E-state index contributed by atoms with van der Waals surface area (Å²) < 4.78 is 0.686. The van der Waals surface area contributed by atoms with Gasteiger partial charge in [0.15, 0.2) is 0 Å². The van der Waals surface area contributed by atoms with Crippen molar-refractivity contribution in [2.75, 3.05) is 5.32 Å². The number of halogens is 2. The molecule has 0 atom stereocenters. The maximum atomic E-state index is 12.1. The largest absolute Gasteiger partial charge is 0.508 e. The number of phenols is 2. The predicted octanol–water partition coefficient (Wildman–Crippen LogP) is 4.07. The summed E-state index contributed by atoms with van der Waals surface area (Å²) in [5.74, 6) is -0.904. The molecule has 2 aromatic rings. The number of phenolic OH excluding ortho intramolecular Hbond substituents is 2. The number of hydrogen-bond donors (Lipinski definition) is 3. The number of aryl methyl sites for hydroxylation is 1. The van der Waals surface area contributed by atoms with Crippen molar-refractivity contribution in [1.29, 1.82) is 0 Å². The second kappa shape index (κ2) is 5.73. The fourth-order valence-corrected chi connectivity index (χ4v) is 2.36. The van der Waals surface area contributed by atoms with Gasteiger partial charge in [0, 0.05) is 15.6 Å². The van der Waals surface area contributed by atoms with Gasteiger partial charge in [0.1, 0.15) is 11.5 Å². The summed E-state index contributed by atoms with van der Waals surface area (Å²) in [7, 11) is 0. The third kappa shape index (κ3) is 3.05. The molecule has 0 spiro atoms. The lowest BCUT2D eigenvalue weighted by Gasteiger charge is -2.10. The lowest BCUT2D eigenvalue weighted by molar-refractivity contribution is 0.102. The molecule has 0 fully saturated rings. The maximum absolute atomic E-state index is 12.1. The minimum absolute atomic E-state index is 0.0615. The van der Waals surface area contributed by atoms with Crippen LogP contribution in [0.25, 0.3) is 0 Å². The van der Waals surface area contributed by atoms with Crippen LogP contribution in [0.1, 0.15) is 15.9 Å². The molecule has 6 heteroatoms. The van der Waals surface area contributed by atoms with Gasteiger partial charge in [-0.2, -0.15) is 0 Å². The van der Waals surface area contributed by atoms with Crippen LogP contribution in [0.3, 0.4) is 0 Å². The highest BCUT2D eigenvalue weighted by molar-refractivity contribution is 9.10. The molecule has 0 aromatic heterocycles. The first kappa shape index (κ1) is 14.7. The van der Waals surface area contributed by atoms with Crippen molar-refractivity contribution in [2.45, 2.75) is 6.92 Å². The Hall–Kier alpha value is -1.72. The van der Waals surface area contributed by atoms with Crippen molar-refractivity contribution < 1.29 is 15.0 Å². The van der Waals surface area contributed by atoms with Gasteiger partial charge in [-0.05, 0) is 52.7 Å². The van der Waals surface area contributed by atoms with Gasteiger partial charge < -0.3 is 15.5 Å². The number of aromatic hydroxyl groups is 2. The van der Waals surface area contributed by atoms with Gasteiger partial charge in [0.2, 0.25) is 0 Å². The Labute approximate surface area is 129 Å². The quantitative estimate of drug-likeness (QED) is 0.759. The SMILES string of the molecule is Cc1cc(Br)c(NC(=O)c2ccc(O)cc2O)cc1Cl. The average Bonchev–Trinajstić information content (AvgIpc) is 2.35. The van der Waals surface area contributed by atoms with E-state index in [2.05, 4.69) is 21.2 Å².